The number of hydrogen-bond donors (Lipinski definition) is 3. The van der Waals surface area contributed by atoms with Gasteiger partial charge in [-0.05, 0) is 13.0 Å². The number of hydrogen-bond acceptors (Lipinski definition) is 5. The van der Waals surface area contributed by atoms with Gasteiger partial charge < -0.3 is 15.5 Å². The normalized spacial score (nSPS) is 13.9. The van der Waals surface area contributed by atoms with Crippen LogP contribution < -0.4 is 5.32 Å². The van der Waals surface area contributed by atoms with Gasteiger partial charge in [0.05, 0.1) is 24.1 Å². The molecule has 2 unspecified atom stereocenters. The molecule has 0 radical (unpaired) electrons. The minimum Gasteiger partial charge on any atom is -0.480 e. The Bertz CT molecular complexity index is 380. The van der Waals surface area contributed by atoms with Crippen molar-refractivity contribution < 1.29 is 19.8 Å². The topological polar surface area (TPSA) is 112 Å². The van der Waals surface area contributed by atoms with Crippen molar-refractivity contribution in [3.63, 3.8) is 0 Å². The van der Waals surface area contributed by atoms with Crippen LogP contribution in [0, 0.1) is 0 Å². The highest BCUT2D eigenvalue weighted by molar-refractivity contribution is 5.96. The van der Waals surface area contributed by atoms with Crippen molar-refractivity contribution in [2.45, 2.75) is 19.1 Å². The van der Waals surface area contributed by atoms with Crippen LogP contribution in [0.2, 0.25) is 0 Å². The molecular formula is C9H11N3O4. The molecule has 1 heterocycles. The van der Waals surface area contributed by atoms with Gasteiger partial charge in [-0.3, -0.25) is 4.79 Å². The first kappa shape index (κ1) is 12.1. The van der Waals surface area contributed by atoms with Crippen molar-refractivity contribution in [2.24, 2.45) is 0 Å². The summed E-state index contributed by atoms with van der Waals surface area (Å²) < 4.78 is 0. The molecule has 0 spiro atoms. The van der Waals surface area contributed by atoms with Gasteiger partial charge in [-0.1, -0.05) is 0 Å². The fraction of sp³-hybridized carbons (Fsp3) is 0.333. The molecule has 7 nitrogen and oxygen atoms in total. The number of aliphatic hydroxyl groups is 1. The molecule has 0 aliphatic carbocycles. The molecule has 1 amide bonds. The fourth-order valence-corrected chi connectivity index (χ4v) is 1.04. The van der Waals surface area contributed by atoms with Gasteiger partial charge in [-0.2, -0.15) is 10.2 Å². The number of carbonyl (C=O) groups excluding carboxylic acids is 1. The molecule has 86 valence electrons. The van der Waals surface area contributed by atoms with E-state index in [-0.39, 0.29) is 5.56 Å². The Morgan fingerprint density at radius 1 is 1.44 bits per heavy atom. The first-order valence-corrected chi connectivity index (χ1v) is 4.51. The molecule has 7 heteroatoms. The quantitative estimate of drug-likeness (QED) is 0.608. The van der Waals surface area contributed by atoms with Gasteiger partial charge in [0.2, 0.25) is 0 Å². The van der Waals surface area contributed by atoms with Crippen LogP contribution in [0.3, 0.4) is 0 Å². The summed E-state index contributed by atoms with van der Waals surface area (Å²) in [6.07, 6.45) is 1.33. The largest absolute Gasteiger partial charge is 0.480 e. The maximum atomic E-state index is 11.5. The van der Waals surface area contributed by atoms with Crippen molar-refractivity contribution in [3.8, 4) is 0 Å². The molecule has 1 aromatic heterocycles. The van der Waals surface area contributed by atoms with Crippen LogP contribution in [0.25, 0.3) is 0 Å². The number of nitrogens with zero attached hydrogens (tertiary/aromatic N) is 2. The van der Waals surface area contributed by atoms with Gasteiger partial charge in [0.1, 0.15) is 0 Å². The van der Waals surface area contributed by atoms with Crippen LogP contribution in [0.5, 0.6) is 0 Å². The lowest BCUT2D eigenvalue weighted by Crippen LogP contribution is -2.47. The molecule has 0 aliphatic heterocycles. The number of aliphatic hydroxyl groups excluding tert-OH is 1. The second-order valence-electron chi connectivity index (χ2n) is 3.16. The SMILES string of the molecule is CC(O)C(NC(=O)c1ccnnc1)C(=O)O. The van der Waals surface area contributed by atoms with Crippen molar-refractivity contribution in [2.75, 3.05) is 0 Å². The van der Waals surface area contributed by atoms with E-state index < -0.39 is 24.0 Å². The first-order valence-electron chi connectivity index (χ1n) is 4.51. The summed E-state index contributed by atoms with van der Waals surface area (Å²) in [7, 11) is 0. The number of carboxylic acid groups (broad SMARTS) is 1. The smallest absolute Gasteiger partial charge is 0.328 e. The van der Waals surface area contributed by atoms with Gasteiger partial charge >= 0.3 is 5.97 Å². The third kappa shape index (κ3) is 2.99. The van der Waals surface area contributed by atoms with E-state index in [0.717, 1.165) is 0 Å². The van der Waals surface area contributed by atoms with Crippen molar-refractivity contribution in [1.29, 1.82) is 0 Å². The molecule has 0 saturated heterocycles. The molecule has 1 aromatic rings. The average Bonchev–Trinajstić information content (AvgIpc) is 2.25. The van der Waals surface area contributed by atoms with E-state index >= 15 is 0 Å². The van der Waals surface area contributed by atoms with E-state index in [1.807, 2.05) is 0 Å². The Labute approximate surface area is 91.1 Å². The molecule has 16 heavy (non-hydrogen) atoms. The Kier molecular flexibility index (Phi) is 3.90. The van der Waals surface area contributed by atoms with E-state index in [0.29, 0.717) is 0 Å². The summed E-state index contributed by atoms with van der Waals surface area (Å²) in [6.45, 7) is 1.28. The first-order chi connectivity index (χ1) is 7.52. The van der Waals surface area contributed by atoms with Crippen LogP contribution in [-0.2, 0) is 4.79 Å². The third-order valence-electron chi connectivity index (χ3n) is 1.88. The number of rotatable bonds is 4. The molecule has 3 N–H and O–H groups in total. The van der Waals surface area contributed by atoms with E-state index in [1.165, 1.54) is 25.4 Å². The third-order valence-corrected chi connectivity index (χ3v) is 1.88. The Morgan fingerprint density at radius 3 is 2.56 bits per heavy atom. The van der Waals surface area contributed by atoms with Crippen LogP contribution >= 0.6 is 0 Å². The molecule has 0 aliphatic rings. The zero-order valence-corrected chi connectivity index (χ0v) is 8.49. The highest BCUT2D eigenvalue weighted by Crippen LogP contribution is 1.98. The van der Waals surface area contributed by atoms with Crippen LogP contribution in [-0.4, -0.2) is 44.4 Å². The number of aliphatic carboxylic acids is 1. The maximum Gasteiger partial charge on any atom is 0.328 e. The summed E-state index contributed by atoms with van der Waals surface area (Å²) in [5.74, 6) is -1.92. The van der Waals surface area contributed by atoms with Gasteiger partial charge in [0.15, 0.2) is 6.04 Å². The van der Waals surface area contributed by atoms with Gasteiger partial charge in [0, 0.05) is 0 Å². The predicted octanol–water partition coefficient (Wildman–Crippen LogP) is -0.960. The Hall–Kier alpha value is -2.02. The van der Waals surface area contributed by atoms with Crippen LogP contribution in [0.1, 0.15) is 17.3 Å². The second-order valence-corrected chi connectivity index (χ2v) is 3.16. The molecule has 0 bridgehead atoms. The summed E-state index contributed by atoms with van der Waals surface area (Å²) in [5.41, 5.74) is 0.182. The highest BCUT2D eigenvalue weighted by Gasteiger charge is 2.25. The molecule has 2 atom stereocenters. The monoisotopic (exact) mass is 225 g/mol. The molecule has 0 aromatic carbocycles. The minimum atomic E-state index is -1.35. The van der Waals surface area contributed by atoms with E-state index in [1.54, 1.807) is 0 Å². The Balaban J connectivity index is 2.74. The van der Waals surface area contributed by atoms with E-state index in [9.17, 15) is 9.59 Å². The lowest BCUT2D eigenvalue weighted by atomic mass is 10.1. The summed E-state index contributed by atoms with van der Waals surface area (Å²) >= 11 is 0. The molecule has 0 saturated carbocycles. The van der Waals surface area contributed by atoms with Crippen molar-refractivity contribution in [3.05, 3.63) is 24.0 Å². The fourth-order valence-electron chi connectivity index (χ4n) is 1.04. The zero-order chi connectivity index (χ0) is 12.1. The van der Waals surface area contributed by atoms with Crippen molar-refractivity contribution >= 4 is 11.9 Å². The number of aromatic nitrogens is 2. The lowest BCUT2D eigenvalue weighted by Gasteiger charge is -2.16. The minimum absolute atomic E-state index is 0.182. The number of carbonyl (C=O) groups is 2. The predicted molar refractivity (Wildman–Crippen MR) is 52.6 cm³/mol. The van der Waals surface area contributed by atoms with Gasteiger partial charge in [-0.25, -0.2) is 4.79 Å². The lowest BCUT2D eigenvalue weighted by molar-refractivity contribution is -0.141. The number of amides is 1. The maximum absolute atomic E-state index is 11.5. The molecule has 0 fully saturated rings. The van der Waals surface area contributed by atoms with E-state index in [4.69, 9.17) is 10.2 Å². The highest BCUT2D eigenvalue weighted by atomic mass is 16.4. The summed E-state index contributed by atoms with van der Waals surface area (Å²) in [4.78, 5) is 22.2. The molecular weight excluding hydrogens is 214 g/mol. The molecule has 1 rings (SSSR count). The number of nitrogens with one attached hydrogen (secondary N) is 1. The summed E-state index contributed by atoms with van der Waals surface area (Å²) in [6, 6.07) is 0.0455. The average molecular weight is 225 g/mol. The van der Waals surface area contributed by atoms with E-state index in [2.05, 4.69) is 15.5 Å². The number of carboxylic acids is 1. The van der Waals surface area contributed by atoms with Crippen LogP contribution in [0.15, 0.2) is 18.5 Å². The second kappa shape index (κ2) is 5.17. The Morgan fingerprint density at radius 2 is 2.12 bits per heavy atom. The zero-order valence-electron chi connectivity index (χ0n) is 8.49. The summed E-state index contributed by atoms with van der Waals surface area (Å²) in [5, 5.41) is 27.0. The van der Waals surface area contributed by atoms with Crippen molar-refractivity contribution in [1.82, 2.24) is 15.5 Å². The van der Waals surface area contributed by atoms with Crippen LogP contribution in [0.4, 0.5) is 0 Å². The van der Waals surface area contributed by atoms with Gasteiger partial charge in [0.25, 0.3) is 5.91 Å². The van der Waals surface area contributed by atoms with Gasteiger partial charge in [-0.15, -0.1) is 0 Å². The standard InChI is InChI=1S/C9H11N3O4/c1-5(13)7(9(15)16)12-8(14)6-2-3-10-11-4-6/h2-5,7,13H,1H3,(H,12,14)(H,15,16).